The second-order valence-electron chi connectivity index (χ2n) is 4.45. The van der Waals surface area contributed by atoms with Gasteiger partial charge >= 0.3 is 0 Å². The van der Waals surface area contributed by atoms with E-state index in [1.165, 1.54) is 0 Å². The van der Waals surface area contributed by atoms with Gasteiger partial charge < -0.3 is 0 Å². The van der Waals surface area contributed by atoms with E-state index < -0.39 is 0 Å². The van der Waals surface area contributed by atoms with Crippen molar-refractivity contribution in [1.29, 1.82) is 0 Å². The number of hydrogen-bond donors (Lipinski definition) is 0. The van der Waals surface area contributed by atoms with Gasteiger partial charge in [0, 0.05) is 29.9 Å². The standard InChI is InChI=1S/C13H18N4/c1-5-17-13(15-12(16-17)9(2)3)11-7-6-10(4)14-8-11/h6-9H,5H2,1-4H3. The second kappa shape index (κ2) is 4.65. The van der Waals surface area contributed by atoms with Gasteiger partial charge in [-0.1, -0.05) is 13.8 Å². The maximum absolute atomic E-state index is 4.59. The first-order valence-electron chi connectivity index (χ1n) is 5.99. The van der Waals surface area contributed by atoms with Crippen LogP contribution in [0.25, 0.3) is 11.4 Å². The molecular formula is C13H18N4. The van der Waals surface area contributed by atoms with Crippen molar-refractivity contribution in [2.24, 2.45) is 0 Å². The summed E-state index contributed by atoms with van der Waals surface area (Å²) in [5.41, 5.74) is 2.04. The first-order valence-corrected chi connectivity index (χ1v) is 5.99. The number of rotatable bonds is 3. The molecule has 0 aromatic carbocycles. The molecule has 4 heteroatoms. The molecule has 0 aliphatic carbocycles. The van der Waals surface area contributed by atoms with Crippen LogP contribution in [0.3, 0.4) is 0 Å². The topological polar surface area (TPSA) is 43.6 Å². The molecule has 0 saturated carbocycles. The van der Waals surface area contributed by atoms with Gasteiger partial charge in [0.2, 0.25) is 0 Å². The summed E-state index contributed by atoms with van der Waals surface area (Å²) < 4.78 is 1.93. The molecule has 0 radical (unpaired) electrons. The number of pyridine rings is 1. The van der Waals surface area contributed by atoms with Crippen LogP contribution in [0.15, 0.2) is 18.3 Å². The molecule has 0 N–H and O–H groups in total. The van der Waals surface area contributed by atoms with Gasteiger partial charge in [-0.2, -0.15) is 5.10 Å². The molecule has 2 aromatic heterocycles. The molecule has 0 bridgehead atoms. The Morgan fingerprint density at radius 1 is 1.29 bits per heavy atom. The van der Waals surface area contributed by atoms with Crippen LogP contribution < -0.4 is 0 Å². The molecule has 90 valence electrons. The number of aromatic nitrogens is 4. The molecule has 0 saturated heterocycles. The third-order valence-corrected chi connectivity index (χ3v) is 2.67. The normalized spacial score (nSPS) is 11.1. The molecule has 0 spiro atoms. The lowest BCUT2D eigenvalue weighted by Crippen LogP contribution is -2.00. The van der Waals surface area contributed by atoms with Gasteiger partial charge in [0.1, 0.15) is 0 Å². The molecule has 2 heterocycles. The Bertz CT molecular complexity index is 497. The molecule has 0 aliphatic heterocycles. The highest BCUT2D eigenvalue weighted by molar-refractivity contribution is 5.53. The maximum Gasteiger partial charge on any atom is 0.159 e. The largest absolute Gasteiger partial charge is 0.261 e. The van der Waals surface area contributed by atoms with Crippen molar-refractivity contribution in [3.05, 3.63) is 29.8 Å². The summed E-state index contributed by atoms with van der Waals surface area (Å²) >= 11 is 0. The van der Waals surface area contributed by atoms with Crippen LogP contribution in [0.2, 0.25) is 0 Å². The second-order valence-corrected chi connectivity index (χ2v) is 4.45. The Hall–Kier alpha value is -1.71. The number of hydrogen-bond acceptors (Lipinski definition) is 3. The highest BCUT2D eigenvalue weighted by Gasteiger charge is 2.13. The van der Waals surface area contributed by atoms with Crippen LogP contribution in [-0.4, -0.2) is 19.7 Å². The average molecular weight is 230 g/mol. The lowest BCUT2D eigenvalue weighted by atomic mass is 10.2. The van der Waals surface area contributed by atoms with E-state index in [0.717, 1.165) is 29.5 Å². The zero-order valence-corrected chi connectivity index (χ0v) is 10.8. The van der Waals surface area contributed by atoms with E-state index in [4.69, 9.17) is 0 Å². The highest BCUT2D eigenvalue weighted by atomic mass is 15.3. The highest BCUT2D eigenvalue weighted by Crippen LogP contribution is 2.19. The number of nitrogens with zero attached hydrogens (tertiary/aromatic N) is 4. The lowest BCUT2D eigenvalue weighted by molar-refractivity contribution is 0.641. The fourth-order valence-electron chi connectivity index (χ4n) is 1.64. The Kier molecular flexibility index (Phi) is 3.22. The Morgan fingerprint density at radius 2 is 2.06 bits per heavy atom. The van der Waals surface area contributed by atoms with Gasteiger partial charge in [-0.05, 0) is 26.0 Å². The summed E-state index contributed by atoms with van der Waals surface area (Å²) in [5, 5.41) is 4.50. The summed E-state index contributed by atoms with van der Waals surface area (Å²) in [6.45, 7) is 9.08. The summed E-state index contributed by atoms with van der Waals surface area (Å²) in [4.78, 5) is 8.90. The SMILES string of the molecule is CCn1nc(C(C)C)nc1-c1ccc(C)nc1. The zero-order valence-electron chi connectivity index (χ0n) is 10.8. The third-order valence-electron chi connectivity index (χ3n) is 2.67. The summed E-state index contributed by atoms with van der Waals surface area (Å²) in [7, 11) is 0. The monoisotopic (exact) mass is 230 g/mol. The molecule has 4 nitrogen and oxygen atoms in total. The summed E-state index contributed by atoms with van der Waals surface area (Å²) in [5.74, 6) is 2.14. The molecule has 0 fully saturated rings. The van der Waals surface area contributed by atoms with Crippen LogP contribution in [0, 0.1) is 6.92 Å². The van der Waals surface area contributed by atoms with Crippen LogP contribution >= 0.6 is 0 Å². The molecule has 17 heavy (non-hydrogen) atoms. The summed E-state index contributed by atoms with van der Waals surface area (Å²) in [6, 6.07) is 4.04. The van der Waals surface area contributed by atoms with E-state index in [-0.39, 0.29) is 0 Å². The van der Waals surface area contributed by atoms with Gasteiger partial charge in [0.05, 0.1) is 0 Å². The molecule has 2 aromatic rings. The number of aryl methyl sites for hydroxylation is 2. The Labute approximate surface area is 102 Å². The van der Waals surface area contributed by atoms with E-state index in [1.54, 1.807) is 0 Å². The lowest BCUT2D eigenvalue weighted by Gasteiger charge is -2.02. The molecule has 2 rings (SSSR count). The molecule has 0 aliphatic rings. The Morgan fingerprint density at radius 3 is 2.59 bits per heavy atom. The van der Waals surface area contributed by atoms with E-state index in [9.17, 15) is 0 Å². The van der Waals surface area contributed by atoms with Crippen molar-refractivity contribution in [3.63, 3.8) is 0 Å². The van der Waals surface area contributed by atoms with E-state index >= 15 is 0 Å². The van der Waals surface area contributed by atoms with Gasteiger partial charge in [-0.25, -0.2) is 9.67 Å². The maximum atomic E-state index is 4.59. The third kappa shape index (κ3) is 2.35. The van der Waals surface area contributed by atoms with Gasteiger partial charge in [0.25, 0.3) is 0 Å². The molecule has 0 unspecified atom stereocenters. The first-order chi connectivity index (χ1) is 8.11. The van der Waals surface area contributed by atoms with E-state index in [1.807, 2.05) is 29.9 Å². The summed E-state index contributed by atoms with van der Waals surface area (Å²) in [6.07, 6.45) is 1.86. The van der Waals surface area contributed by atoms with Crippen molar-refractivity contribution < 1.29 is 0 Å². The van der Waals surface area contributed by atoms with Crippen molar-refractivity contribution in [2.45, 2.75) is 40.2 Å². The van der Waals surface area contributed by atoms with Crippen molar-refractivity contribution in [2.75, 3.05) is 0 Å². The smallest absolute Gasteiger partial charge is 0.159 e. The minimum Gasteiger partial charge on any atom is -0.261 e. The zero-order chi connectivity index (χ0) is 12.4. The van der Waals surface area contributed by atoms with Crippen LogP contribution in [0.5, 0.6) is 0 Å². The minimum atomic E-state index is 0.347. The van der Waals surface area contributed by atoms with E-state index in [2.05, 4.69) is 35.8 Å². The van der Waals surface area contributed by atoms with Crippen molar-refractivity contribution in [1.82, 2.24) is 19.7 Å². The van der Waals surface area contributed by atoms with Gasteiger partial charge in [-0.15, -0.1) is 0 Å². The fourth-order valence-corrected chi connectivity index (χ4v) is 1.64. The molecule has 0 amide bonds. The van der Waals surface area contributed by atoms with Gasteiger partial charge in [-0.3, -0.25) is 4.98 Å². The predicted octanol–water partition coefficient (Wildman–Crippen LogP) is 2.79. The minimum absolute atomic E-state index is 0.347. The molecule has 0 atom stereocenters. The average Bonchev–Trinajstić information content (AvgIpc) is 2.74. The van der Waals surface area contributed by atoms with Crippen LogP contribution in [-0.2, 0) is 6.54 Å². The fraction of sp³-hybridized carbons (Fsp3) is 0.462. The molecular weight excluding hydrogens is 212 g/mol. The predicted molar refractivity (Wildman–Crippen MR) is 67.8 cm³/mol. The van der Waals surface area contributed by atoms with Crippen LogP contribution in [0.1, 0.15) is 38.2 Å². The quantitative estimate of drug-likeness (QED) is 0.814. The van der Waals surface area contributed by atoms with E-state index in [0.29, 0.717) is 5.92 Å². The first kappa shape index (κ1) is 11.8. The van der Waals surface area contributed by atoms with Crippen molar-refractivity contribution >= 4 is 0 Å². The van der Waals surface area contributed by atoms with Crippen LogP contribution in [0.4, 0.5) is 0 Å². The van der Waals surface area contributed by atoms with Crippen molar-refractivity contribution in [3.8, 4) is 11.4 Å². The van der Waals surface area contributed by atoms with Gasteiger partial charge in [0.15, 0.2) is 11.6 Å². The Balaban J connectivity index is 2.46.